The molecule has 0 saturated carbocycles. The van der Waals surface area contributed by atoms with E-state index in [2.05, 4.69) is 3.87 Å². The first-order valence-corrected chi connectivity index (χ1v) is 11.6. The molecule has 0 radical (unpaired) electrons. The summed E-state index contributed by atoms with van der Waals surface area (Å²) in [5.74, 6) is -41.8. The molecule has 0 aliphatic rings. The van der Waals surface area contributed by atoms with Crippen LogP contribution >= 0.6 is 0 Å². The third kappa shape index (κ3) is 3.97. The van der Waals surface area contributed by atoms with E-state index < -0.39 is 59.5 Å². The molecular formula is C10H9F15O3SSi. The highest BCUT2D eigenvalue weighted by atomic mass is 32.2. The number of hydrogen-bond acceptors (Lipinski definition) is 3. The van der Waals surface area contributed by atoms with E-state index in [1.807, 2.05) is 0 Å². The lowest BCUT2D eigenvalue weighted by atomic mass is 9.94. The zero-order valence-electron chi connectivity index (χ0n) is 14.3. The van der Waals surface area contributed by atoms with E-state index in [4.69, 9.17) is 0 Å². The van der Waals surface area contributed by atoms with Gasteiger partial charge in [0.1, 0.15) is 0 Å². The zero-order valence-corrected chi connectivity index (χ0v) is 16.1. The van der Waals surface area contributed by atoms with Crippen LogP contribution in [0.15, 0.2) is 0 Å². The smallest absolute Gasteiger partial charge is 0.311 e. The van der Waals surface area contributed by atoms with Crippen molar-refractivity contribution in [2.24, 2.45) is 0 Å². The Kier molecular flexibility index (Phi) is 6.82. The third-order valence-electron chi connectivity index (χ3n) is 2.97. The monoisotopic (exact) mass is 522 g/mol. The summed E-state index contributed by atoms with van der Waals surface area (Å²) in [6.07, 6.45) is -7.74. The normalized spacial score (nSPS) is 16.7. The Hall–Kier alpha value is -0.923. The van der Waals surface area contributed by atoms with E-state index >= 15 is 0 Å². The van der Waals surface area contributed by atoms with Gasteiger partial charge in [0.2, 0.25) is 8.32 Å². The predicted molar refractivity (Wildman–Crippen MR) is 69.1 cm³/mol. The van der Waals surface area contributed by atoms with Crippen LogP contribution < -0.4 is 0 Å². The summed E-state index contributed by atoms with van der Waals surface area (Å²) < 4.78 is 220. The Bertz CT molecular complexity index is 750. The predicted octanol–water partition coefficient (Wildman–Crippen LogP) is 5.50. The Labute approximate surface area is 158 Å². The van der Waals surface area contributed by atoms with E-state index in [0.717, 1.165) is 0 Å². The topological polar surface area (TPSA) is 43.4 Å². The van der Waals surface area contributed by atoms with Gasteiger partial charge in [-0.25, -0.2) is 0 Å². The molecule has 0 aromatic rings. The van der Waals surface area contributed by atoms with Crippen LogP contribution in [-0.2, 0) is 14.0 Å². The molecule has 0 aromatic carbocycles. The van der Waals surface area contributed by atoms with Crippen LogP contribution in [0.25, 0.3) is 0 Å². The summed E-state index contributed by atoms with van der Waals surface area (Å²) >= 11 is 0. The molecule has 3 nitrogen and oxygen atoms in total. The van der Waals surface area contributed by atoms with E-state index in [0.29, 0.717) is 19.6 Å². The summed E-state index contributed by atoms with van der Waals surface area (Å²) in [6.45, 7) is 2.01. The van der Waals surface area contributed by atoms with Crippen LogP contribution in [0, 0.1) is 0 Å². The molecule has 0 unspecified atom stereocenters. The second kappa shape index (κ2) is 7.04. The number of alkyl halides is 15. The fourth-order valence-electron chi connectivity index (χ4n) is 1.49. The first-order chi connectivity index (χ1) is 12.5. The van der Waals surface area contributed by atoms with Gasteiger partial charge in [-0.3, -0.25) is 0 Å². The van der Waals surface area contributed by atoms with Crippen molar-refractivity contribution in [2.45, 2.75) is 60.7 Å². The standard InChI is InChI=1S/C10H9F15O3SSi/c1-30(2,3)28-29(26,27)10(24,25)8(19,20)6(15,16)4(11,12)5(13,14)7(17,18)9(21,22)23/h1-3H3. The highest BCUT2D eigenvalue weighted by Gasteiger charge is 2.94. The third-order valence-corrected chi connectivity index (χ3v) is 6.73. The quantitative estimate of drug-likeness (QED) is 0.313. The van der Waals surface area contributed by atoms with Crippen molar-refractivity contribution < 1.29 is 78.1 Å². The molecule has 0 fully saturated rings. The first kappa shape index (κ1) is 29.1. The highest BCUT2D eigenvalue weighted by molar-refractivity contribution is 7.88. The average molecular weight is 522 g/mol. The number of hydrogen-bond donors (Lipinski definition) is 0. The van der Waals surface area contributed by atoms with Crippen molar-refractivity contribution in [1.82, 2.24) is 0 Å². The Morgan fingerprint density at radius 3 is 1.07 bits per heavy atom. The van der Waals surface area contributed by atoms with Crippen LogP contribution in [0.5, 0.6) is 0 Å². The van der Waals surface area contributed by atoms with Crippen LogP contribution in [0.1, 0.15) is 0 Å². The molecule has 0 heterocycles. The van der Waals surface area contributed by atoms with Crippen molar-refractivity contribution in [3.63, 3.8) is 0 Å². The molecule has 0 spiro atoms. The van der Waals surface area contributed by atoms with E-state index in [9.17, 15) is 74.3 Å². The van der Waals surface area contributed by atoms with Crippen LogP contribution in [0.4, 0.5) is 65.9 Å². The maximum atomic E-state index is 13.5. The summed E-state index contributed by atoms with van der Waals surface area (Å²) in [6, 6.07) is 0. The van der Waals surface area contributed by atoms with Crippen molar-refractivity contribution in [2.75, 3.05) is 0 Å². The lowest BCUT2D eigenvalue weighted by molar-refractivity contribution is -0.447. The van der Waals surface area contributed by atoms with Gasteiger partial charge < -0.3 is 3.87 Å². The van der Waals surface area contributed by atoms with E-state index in [1.165, 1.54) is 0 Å². The van der Waals surface area contributed by atoms with Gasteiger partial charge in [-0.05, 0) is 19.6 Å². The van der Waals surface area contributed by atoms with Crippen LogP contribution in [0.2, 0.25) is 19.6 Å². The highest BCUT2D eigenvalue weighted by Crippen LogP contribution is 2.63. The van der Waals surface area contributed by atoms with Gasteiger partial charge in [-0.15, -0.1) is 0 Å². The van der Waals surface area contributed by atoms with Gasteiger partial charge in [0.25, 0.3) is 0 Å². The molecule has 182 valence electrons. The lowest BCUT2D eigenvalue weighted by Crippen LogP contribution is -2.73. The van der Waals surface area contributed by atoms with E-state index in [-0.39, 0.29) is 0 Å². The SMILES string of the molecule is C[Si](C)(C)OS(=O)(=O)C(F)(F)C(F)(F)C(F)(F)C(F)(F)C(F)(F)C(F)(F)C(F)(F)F. The maximum Gasteiger partial charge on any atom is 0.460 e. The first-order valence-electron chi connectivity index (χ1n) is 6.74. The molecule has 20 heteroatoms. The van der Waals surface area contributed by atoms with Crippen molar-refractivity contribution in [3.8, 4) is 0 Å². The summed E-state index contributed by atoms with van der Waals surface area (Å²) in [4.78, 5) is 0. The summed E-state index contributed by atoms with van der Waals surface area (Å²) in [5.41, 5.74) is 0. The molecule has 0 bridgehead atoms. The number of halogens is 15. The second-order valence-electron chi connectivity index (χ2n) is 6.54. The minimum atomic E-state index is -8.55. The summed E-state index contributed by atoms with van der Waals surface area (Å²) in [5, 5.41) is -7.48. The maximum absolute atomic E-state index is 13.5. The molecule has 0 amide bonds. The molecule has 0 aliphatic heterocycles. The van der Waals surface area contributed by atoms with Crippen LogP contribution in [-0.4, -0.2) is 57.8 Å². The van der Waals surface area contributed by atoms with E-state index in [1.54, 1.807) is 0 Å². The van der Waals surface area contributed by atoms with Crippen molar-refractivity contribution in [1.29, 1.82) is 0 Å². The minimum absolute atomic E-state index is 0.670. The minimum Gasteiger partial charge on any atom is -0.311 e. The average Bonchev–Trinajstić information content (AvgIpc) is 2.41. The Balaban J connectivity index is 6.78. The molecule has 30 heavy (non-hydrogen) atoms. The fraction of sp³-hybridized carbons (Fsp3) is 1.00. The molecule has 0 aromatic heterocycles. The summed E-state index contributed by atoms with van der Waals surface area (Å²) in [7, 11) is -11.2. The van der Waals surface area contributed by atoms with Crippen LogP contribution in [0.3, 0.4) is 0 Å². The fourth-order valence-corrected chi connectivity index (χ4v) is 4.98. The zero-order chi connectivity index (χ0) is 25.2. The van der Waals surface area contributed by atoms with Gasteiger partial charge in [-0.1, -0.05) is 0 Å². The van der Waals surface area contributed by atoms with Gasteiger partial charge in [-0.2, -0.15) is 74.3 Å². The lowest BCUT2D eigenvalue weighted by Gasteiger charge is -2.41. The molecular weight excluding hydrogens is 513 g/mol. The van der Waals surface area contributed by atoms with Gasteiger partial charge in [0.15, 0.2) is 0 Å². The second-order valence-corrected chi connectivity index (χ2v) is 12.8. The largest absolute Gasteiger partial charge is 0.460 e. The Morgan fingerprint density at radius 1 is 0.533 bits per heavy atom. The molecule has 0 atom stereocenters. The Morgan fingerprint density at radius 2 is 0.800 bits per heavy atom. The number of rotatable bonds is 8. The molecule has 0 rings (SSSR count). The van der Waals surface area contributed by atoms with Crippen molar-refractivity contribution >= 4 is 18.4 Å². The van der Waals surface area contributed by atoms with Gasteiger partial charge in [0, 0.05) is 0 Å². The van der Waals surface area contributed by atoms with Gasteiger partial charge in [0.05, 0.1) is 0 Å². The van der Waals surface area contributed by atoms with Crippen molar-refractivity contribution in [3.05, 3.63) is 0 Å². The molecule has 0 saturated heterocycles. The van der Waals surface area contributed by atoms with Gasteiger partial charge >= 0.3 is 51.2 Å². The molecule has 0 N–H and O–H groups in total. The molecule has 0 aliphatic carbocycles.